The van der Waals surface area contributed by atoms with Crippen molar-refractivity contribution >= 4 is 35.4 Å². The van der Waals surface area contributed by atoms with Crippen molar-refractivity contribution in [3.05, 3.63) is 0 Å². The van der Waals surface area contributed by atoms with Gasteiger partial charge in [-0.1, -0.05) is 0 Å². The van der Waals surface area contributed by atoms with Crippen LogP contribution in [0.1, 0.15) is 6.42 Å². The monoisotopic (exact) mass is 262 g/mol. The highest BCUT2D eigenvalue weighted by molar-refractivity contribution is 6.54. The van der Waals surface area contributed by atoms with E-state index in [9.17, 15) is 28.8 Å². The number of Topliss-reactive ketones (excluding diaryl/α,β-unsaturated/α-hetero) is 2. The van der Waals surface area contributed by atoms with E-state index in [1.54, 1.807) is 0 Å². The lowest BCUT2D eigenvalue weighted by Crippen LogP contribution is -2.53. The molecule has 10 nitrogen and oxygen atoms in total. The van der Waals surface area contributed by atoms with Gasteiger partial charge in [0, 0.05) is 0 Å². The van der Waals surface area contributed by atoms with Gasteiger partial charge in [0.25, 0.3) is 11.6 Å². The van der Waals surface area contributed by atoms with E-state index in [1.165, 1.54) is 0 Å². The Morgan fingerprint density at radius 1 is 0.722 bits per heavy atom. The summed E-state index contributed by atoms with van der Waals surface area (Å²) in [6.07, 6.45) is -1.78. The van der Waals surface area contributed by atoms with Crippen LogP contribution in [0.25, 0.3) is 0 Å². The average molecular weight is 262 g/mol. The highest BCUT2D eigenvalue weighted by Gasteiger charge is 2.59. The van der Waals surface area contributed by atoms with Gasteiger partial charge in [-0.15, -0.1) is 0 Å². The molecule has 0 atom stereocenters. The maximum absolute atomic E-state index is 11.2. The van der Waals surface area contributed by atoms with Crippen molar-refractivity contribution in [3.63, 3.8) is 0 Å². The Hall–Kier alpha value is -2.78. The maximum atomic E-state index is 11.2. The number of hydrogen-bond donors (Lipinski definition) is 4. The zero-order valence-electron chi connectivity index (χ0n) is 8.45. The van der Waals surface area contributed by atoms with Crippen molar-refractivity contribution < 1.29 is 49.2 Å². The molecule has 0 fully saturated rings. The Morgan fingerprint density at radius 3 is 1.22 bits per heavy atom. The SMILES string of the molecule is O=C(O)CC(C(=O)O)(C(=O)C(=O)O)C(=O)C(=O)O. The lowest BCUT2D eigenvalue weighted by Gasteiger charge is -2.20. The van der Waals surface area contributed by atoms with Crippen LogP contribution in [0.4, 0.5) is 0 Å². The molecular weight excluding hydrogens is 256 g/mol. The number of rotatable bonds is 7. The standard InChI is InChI=1S/C8H6O10/c9-2(10)1-8(7(17)18,3(11)5(13)14)4(12)6(15)16/h1H2,(H,9,10)(H,13,14)(H,15,16)(H,17,18). The lowest BCUT2D eigenvalue weighted by atomic mass is 9.76. The normalized spacial score (nSPS) is 10.4. The van der Waals surface area contributed by atoms with Crippen LogP contribution in [0.2, 0.25) is 0 Å². The third-order valence-corrected chi connectivity index (χ3v) is 1.95. The number of aliphatic carboxylic acids is 4. The molecule has 0 heterocycles. The minimum absolute atomic E-state index is 1.78. The number of carboxylic acid groups (broad SMARTS) is 4. The van der Waals surface area contributed by atoms with Gasteiger partial charge in [0.1, 0.15) is 0 Å². The summed E-state index contributed by atoms with van der Waals surface area (Å²) >= 11 is 0. The Kier molecular flexibility index (Phi) is 4.26. The van der Waals surface area contributed by atoms with Crippen molar-refractivity contribution in [3.8, 4) is 0 Å². The molecule has 0 saturated carbocycles. The van der Waals surface area contributed by atoms with E-state index in [-0.39, 0.29) is 0 Å². The van der Waals surface area contributed by atoms with Gasteiger partial charge in [-0.2, -0.15) is 0 Å². The van der Waals surface area contributed by atoms with E-state index in [1.807, 2.05) is 0 Å². The van der Waals surface area contributed by atoms with Crippen LogP contribution in [0.5, 0.6) is 0 Å². The molecule has 18 heavy (non-hydrogen) atoms. The smallest absolute Gasteiger partial charge is 0.373 e. The number of ketones is 2. The van der Waals surface area contributed by atoms with Crippen LogP contribution in [-0.4, -0.2) is 55.9 Å². The van der Waals surface area contributed by atoms with E-state index in [2.05, 4.69) is 0 Å². The zero-order chi connectivity index (χ0) is 14.7. The molecule has 0 aliphatic carbocycles. The number of carboxylic acids is 4. The van der Waals surface area contributed by atoms with Crippen LogP contribution in [0, 0.1) is 5.41 Å². The molecule has 0 aliphatic heterocycles. The van der Waals surface area contributed by atoms with E-state index in [4.69, 9.17) is 20.4 Å². The number of carbonyl (C=O) groups excluding carboxylic acids is 2. The molecule has 0 rings (SSSR count). The Morgan fingerprint density at radius 2 is 1.06 bits per heavy atom. The molecule has 10 heteroatoms. The first-order chi connectivity index (χ1) is 8.07. The van der Waals surface area contributed by atoms with Gasteiger partial charge in [-0.05, 0) is 0 Å². The van der Waals surface area contributed by atoms with Crippen LogP contribution in [0.3, 0.4) is 0 Å². The summed E-state index contributed by atoms with van der Waals surface area (Å²) in [6.45, 7) is 0. The van der Waals surface area contributed by atoms with Gasteiger partial charge < -0.3 is 20.4 Å². The van der Waals surface area contributed by atoms with Crippen LogP contribution in [0.15, 0.2) is 0 Å². The lowest BCUT2D eigenvalue weighted by molar-refractivity contribution is -0.174. The summed E-state index contributed by atoms with van der Waals surface area (Å²) < 4.78 is 0. The third-order valence-electron chi connectivity index (χ3n) is 1.95. The first-order valence-corrected chi connectivity index (χ1v) is 4.08. The van der Waals surface area contributed by atoms with Gasteiger partial charge in [0.2, 0.25) is 5.41 Å². The zero-order valence-corrected chi connectivity index (χ0v) is 8.45. The maximum Gasteiger partial charge on any atom is 0.373 e. The van der Waals surface area contributed by atoms with Crippen molar-refractivity contribution in [1.29, 1.82) is 0 Å². The van der Waals surface area contributed by atoms with Gasteiger partial charge in [-0.25, -0.2) is 9.59 Å². The highest BCUT2D eigenvalue weighted by Crippen LogP contribution is 2.26. The number of carbonyl (C=O) groups is 6. The molecule has 4 N–H and O–H groups in total. The largest absolute Gasteiger partial charge is 0.481 e. The molecule has 0 unspecified atom stereocenters. The summed E-state index contributed by atoms with van der Waals surface area (Å²) in [6, 6.07) is 0. The first kappa shape index (κ1) is 15.2. The van der Waals surface area contributed by atoms with Crippen molar-refractivity contribution in [2.45, 2.75) is 6.42 Å². The number of hydrogen-bond acceptors (Lipinski definition) is 6. The van der Waals surface area contributed by atoms with E-state index in [0.29, 0.717) is 0 Å². The summed E-state index contributed by atoms with van der Waals surface area (Å²) in [5.41, 5.74) is -3.68. The molecule has 0 spiro atoms. The third kappa shape index (κ3) is 2.48. The summed E-state index contributed by atoms with van der Waals surface area (Å²) in [7, 11) is 0. The predicted molar refractivity (Wildman–Crippen MR) is 47.6 cm³/mol. The molecule has 0 amide bonds. The average Bonchev–Trinajstić information content (AvgIpc) is 2.22. The van der Waals surface area contributed by atoms with Gasteiger partial charge in [0.15, 0.2) is 0 Å². The molecule has 0 aromatic heterocycles. The first-order valence-electron chi connectivity index (χ1n) is 4.08. The van der Waals surface area contributed by atoms with Crippen LogP contribution >= 0.6 is 0 Å². The van der Waals surface area contributed by atoms with Crippen molar-refractivity contribution in [2.75, 3.05) is 0 Å². The predicted octanol–water partition coefficient (Wildman–Crippen LogP) is -2.16. The highest BCUT2D eigenvalue weighted by atomic mass is 16.4. The second-order valence-corrected chi connectivity index (χ2v) is 3.05. The second kappa shape index (κ2) is 5.03. The van der Waals surface area contributed by atoms with E-state index >= 15 is 0 Å². The minimum Gasteiger partial charge on any atom is -0.481 e. The van der Waals surface area contributed by atoms with E-state index in [0.717, 1.165) is 0 Å². The molecule has 0 aromatic carbocycles. The van der Waals surface area contributed by atoms with Crippen molar-refractivity contribution in [2.24, 2.45) is 5.41 Å². The molecule has 0 aliphatic rings. The van der Waals surface area contributed by atoms with Gasteiger partial charge in [-0.3, -0.25) is 19.2 Å². The molecule has 0 aromatic rings. The Bertz CT molecular complexity index is 432. The Balaban J connectivity index is 6.05. The van der Waals surface area contributed by atoms with Crippen molar-refractivity contribution in [1.82, 2.24) is 0 Å². The molecule has 98 valence electrons. The molecular formula is C8H6O10. The molecule has 0 radical (unpaired) electrons. The fourth-order valence-corrected chi connectivity index (χ4v) is 1.13. The molecule has 0 saturated heterocycles. The molecule has 0 bridgehead atoms. The summed E-state index contributed by atoms with van der Waals surface area (Å²) in [5, 5.41) is 33.8. The van der Waals surface area contributed by atoms with Gasteiger partial charge in [0.05, 0.1) is 6.42 Å². The Labute approximate surface area is 97.4 Å². The minimum atomic E-state index is -3.68. The fourth-order valence-electron chi connectivity index (χ4n) is 1.13. The quantitative estimate of drug-likeness (QED) is 0.291. The van der Waals surface area contributed by atoms with Crippen LogP contribution in [-0.2, 0) is 28.8 Å². The van der Waals surface area contributed by atoms with E-state index < -0.39 is 47.3 Å². The topological polar surface area (TPSA) is 183 Å². The van der Waals surface area contributed by atoms with Crippen LogP contribution < -0.4 is 0 Å². The summed E-state index contributed by atoms with van der Waals surface area (Å²) in [5.74, 6) is -14.0. The summed E-state index contributed by atoms with van der Waals surface area (Å²) in [4.78, 5) is 64.4. The van der Waals surface area contributed by atoms with Gasteiger partial charge >= 0.3 is 23.9 Å². The second-order valence-electron chi connectivity index (χ2n) is 3.05. The fraction of sp³-hybridized carbons (Fsp3) is 0.250.